The summed E-state index contributed by atoms with van der Waals surface area (Å²) in [5.74, 6) is -2.76. The van der Waals surface area contributed by atoms with Crippen molar-refractivity contribution in [1.82, 2.24) is 14.7 Å². The molecule has 4 rings (SSSR count). The number of amides is 1. The zero-order valence-corrected chi connectivity index (χ0v) is 18.7. The molecule has 1 amide bonds. The smallest absolute Gasteiger partial charge is 0.433 e. The second-order valence-electron chi connectivity index (χ2n) is 8.46. The highest BCUT2D eigenvalue weighted by Crippen LogP contribution is 2.43. The van der Waals surface area contributed by atoms with Gasteiger partial charge in [0.25, 0.3) is 0 Å². The van der Waals surface area contributed by atoms with Crippen molar-refractivity contribution in [3.8, 4) is 0 Å². The van der Waals surface area contributed by atoms with Gasteiger partial charge in [0.05, 0.1) is 24.8 Å². The molecule has 2 fully saturated rings. The van der Waals surface area contributed by atoms with E-state index in [-0.39, 0.29) is 29.5 Å². The number of nitrogens with zero attached hydrogens (tertiary/aromatic N) is 3. The average Bonchev–Trinajstić information content (AvgIpc) is 3.34. The molecule has 1 saturated heterocycles. The van der Waals surface area contributed by atoms with Crippen molar-refractivity contribution in [2.75, 3.05) is 13.7 Å². The summed E-state index contributed by atoms with van der Waals surface area (Å²) in [6.45, 7) is 0.993. The van der Waals surface area contributed by atoms with E-state index in [1.54, 1.807) is 6.92 Å². The number of benzene rings is 1. The van der Waals surface area contributed by atoms with Crippen LogP contribution < -0.4 is 0 Å². The highest BCUT2D eigenvalue weighted by atomic mass is 35.5. The van der Waals surface area contributed by atoms with E-state index < -0.39 is 48.1 Å². The Labute approximate surface area is 192 Å². The molecule has 33 heavy (non-hydrogen) atoms. The number of carbonyl (C=O) groups excluding carboxylic acids is 2. The summed E-state index contributed by atoms with van der Waals surface area (Å²) >= 11 is 6.40. The van der Waals surface area contributed by atoms with Crippen molar-refractivity contribution in [1.29, 1.82) is 0 Å². The molecule has 2 heterocycles. The summed E-state index contributed by atoms with van der Waals surface area (Å²) in [5.41, 5.74) is -0.0670. The van der Waals surface area contributed by atoms with Crippen LogP contribution in [-0.4, -0.2) is 40.2 Å². The van der Waals surface area contributed by atoms with Gasteiger partial charge >= 0.3 is 12.1 Å². The zero-order valence-electron chi connectivity index (χ0n) is 18.0. The fourth-order valence-corrected chi connectivity index (χ4v) is 4.63. The molecule has 2 aromatic rings. The van der Waals surface area contributed by atoms with E-state index in [2.05, 4.69) is 5.10 Å². The molecule has 0 spiro atoms. The molecule has 2 atom stereocenters. The Morgan fingerprint density at radius 3 is 2.52 bits per heavy atom. The van der Waals surface area contributed by atoms with Gasteiger partial charge in [0.15, 0.2) is 0 Å². The molecule has 6 nitrogen and oxygen atoms in total. The minimum Gasteiger partial charge on any atom is -0.469 e. The third-order valence-corrected chi connectivity index (χ3v) is 6.67. The lowest BCUT2D eigenvalue weighted by Gasteiger charge is -2.29. The van der Waals surface area contributed by atoms with Crippen molar-refractivity contribution < 1.29 is 31.9 Å². The number of hydrogen-bond acceptors (Lipinski definition) is 4. The monoisotopic (exact) mass is 487 g/mol. The number of methoxy groups -OCH3 is 1. The minimum atomic E-state index is -4.68. The van der Waals surface area contributed by atoms with Crippen LogP contribution in [0.1, 0.15) is 53.7 Å². The highest BCUT2D eigenvalue weighted by Gasteiger charge is 2.45. The maximum Gasteiger partial charge on any atom is 0.433 e. The molecule has 0 radical (unpaired) electrons. The van der Waals surface area contributed by atoms with Gasteiger partial charge in [-0.3, -0.25) is 14.3 Å². The minimum absolute atomic E-state index is 0.0280. The Morgan fingerprint density at radius 2 is 1.91 bits per heavy atom. The van der Waals surface area contributed by atoms with E-state index in [0.717, 1.165) is 25.0 Å². The van der Waals surface area contributed by atoms with Crippen LogP contribution in [0.4, 0.5) is 17.6 Å². The zero-order chi connectivity index (χ0) is 24.1. The van der Waals surface area contributed by atoms with Gasteiger partial charge in [0.1, 0.15) is 18.1 Å². The molecular formula is C22H22ClF4N3O3. The van der Waals surface area contributed by atoms with Crippen LogP contribution in [0.5, 0.6) is 0 Å². The third kappa shape index (κ3) is 4.58. The van der Waals surface area contributed by atoms with Crippen LogP contribution in [0.2, 0.25) is 5.02 Å². The second kappa shape index (κ2) is 8.62. The molecule has 1 aliphatic heterocycles. The first-order chi connectivity index (χ1) is 15.5. The van der Waals surface area contributed by atoms with Crippen LogP contribution in [0.3, 0.4) is 0 Å². The van der Waals surface area contributed by atoms with Crippen molar-refractivity contribution in [3.05, 3.63) is 51.6 Å². The van der Waals surface area contributed by atoms with Gasteiger partial charge in [-0.1, -0.05) is 11.6 Å². The standard InChI is InChI=1S/C22H22ClF4N3O3/c1-11-7-13(24)8-15(19(11)23)20-14(21(32)33-2)5-6-29(20)18(31)10-30-17(22(25,26)27)9-16(28-30)12-3-4-12/h7-9,12,14,20H,3-6,10H2,1-2H3/t14-,20+/m1/s1. The van der Waals surface area contributed by atoms with Crippen molar-refractivity contribution in [2.45, 2.75) is 50.9 Å². The number of hydrogen-bond donors (Lipinski definition) is 0. The lowest BCUT2D eigenvalue weighted by atomic mass is 9.92. The van der Waals surface area contributed by atoms with Gasteiger partial charge in [-0.25, -0.2) is 4.39 Å². The van der Waals surface area contributed by atoms with E-state index in [4.69, 9.17) is 16.3 Å². The highest BCUT2D eigenvalue weighted by molar-refractivity contribution is 6.32. The molecule has 0 bridgehead atoms. The van der Waals surface area contributed by atoms with E-state index in [1.807, 2.05) is 0 Å². The summed E-state index contributed by atoms with van der Waals surface area (Å²) in [6.07, 6.45) is -2.96. The molecule has 1 aromatic heterocycles. The third-order valence-electron chi connectivity index (χ3n) is 6.16. The molecule has 11 heteroatoms. The number of carbonyl (C=O) groups is 2. The number of aryl methyl sites for hydroxylation is 1. The van der Waals surface area contributed by atoms with Gasteiger partial charge in [0, 0.05) is 17.5 Å². The Morgan fingerprint density at radius 1 is 1.21 bits per heavy atom. The number of esters is 1. The Bertz CT molecular complexity index is 1100. The molecule has 1 aliphatic carbocycles. The first kappa shape index (κ1) is 23.5. The first-order valence-corrected chi connectivity index (χ1v) is 10.9. The number of ether oxygens (including phenoxy) is 1. The predicted octanol–water partition coefficient (Wildman–Crippen LogP) is 4.64. The summed E-state index contributed by atoms with van der Waals surface area (Å²) < 4.78 is 60.4. The van der Waals surface area contributed by atoms with Crippen LogP contribution >= 0.6 is 11.6 Å². The average molecular weight is 488 g/mol. The van der Waals surface area contributed by atoms with Crippen LogP contribution in [0.15, 0.2) is 18.2 Å². The molecular weight excluding hydrogens is 466 g/mol. The number of halogens is 5. The Kier molecular flexibility index (Phi) is 6.15. The normalized spacial score (nSPS) is 20.9. The number of aromatic nitrogens is 2. The largest absolute Gasteiger partial charge is 0.469 e. The molecule has 0 N–H and O–H groups in total. The van der Waals surface area contributed by atoms with Crippen LogP contribution in [-0.2, 0) is 27.0 Å². The van der Waals surface area contributed by atoms with E-state index in [9.17, 15) is 27.2 Å². The number of rotatable bonds is 5. The van der Waals surface area contributed by atoms with E-state index in [0.29, 0.717) is 15.9 Å². The molecule has 1 aromatic carbocycles. The molecule has 1 saturated carbocycles. The molecule has 178 valence electrons. The van der Waals surface area contributed by atoms with Crippen LogP contribution in [0, 0.1) is 18.7 Å². The summed E-state index contributed by atoms with van der Waals surface area (Å²) in [5, 5.41) is 4.22. The lowest BCUT2D eigenvalue weighted by molar-refractivity contribution is -0.147. The lowest BCUT2D eigenvalue weighted by Crippen LogP contribution is -2.37. The van der Waals surface area contributed by atoms with Crippen LogP contribution in [0.25, 0.3) is 0 Å². The topological polar surface area (TPSA) is 64.4 Å². The SMILES string of the molecule is COC(=O)[C@@H]1CCN(C(=O)Cn2nc(C3CC3)cc2C(F)(F)F)[C@@H]1c1cc(F)cc(C)c1Cl. The summed E-state index contributed by atoms with van der Waals surface area (Å²) in [6, 6.07) is 2.37. The van der Waals surface area contributed by atoms with E-state index in [1.165, 1.54) is 18.1 Å². The number of likely N-dealkylation sites (tertiary alicyclic amines) is 1. The van der Waals surface area contributed by atoms with Gasteiger partial charge in [-0.15, -0.1) is 0 Å². The summed E-state index contributed by atoms with van der Waals surface area (Å²) in [7, 11) is 1.20. The maximum absolute atomic E-state index is 14.2. The first-order valence-electron chi connectivity index (χ1n) is 10.5. The molecule has 0 unspecified atom stereocenters. The maximum atomic E-state index is 14.2. The van der Waals surface area contributed by atoms with Gasteiger partial charge in [0.2, 0.25) is 5.91 Å². The fourth-order valence-electron chi connectivity index (χ4n) is 4.40. The van der Waals surface area contributed by atoms with Crippen molar-refractivity contribution >= 4 is 23.5 Å². The van der Waals surface area contributed by atoms with Crippen molar-refractivity contribution in [2.24, 2.45) is 5.92 Å². The quantitative estimate of drug-likeness (QED) is 0.455. The Balaban J connectivity index is 1.69. The van der Waals surface area contributed by atoms with Gasteiger partial charge in [-0.2, -0.15) is 18.3 Å². The summed E-state index contributed by atoms with van der Waals surface area (Å²) in [4.78, 5) is 26.9. The Hall–Kier alpha value is -2.62. The predicted molar refractivity (Wildman–Crippen MR) is 110 cm³/mol. The van der Waals surface area contributed by atoms with E-state index >= 15 is 0 Å². The number of alkyl halides is 3. The molecule has 2 aliphatic rings. The van der Waals surface area contributed by atoms with Crippen molar-refractivity contribution in [3.63, 3.8) is 0 Å². The fraction of sp³-hybridized carbons (Fsp3) is 0.500. The second-order valence-corrected chi connectivity index (χ2v) is 8.84. The van der Waals surface area contributed by atoms with Gasteiger partial charge in [-0.05, 0) is 55.5 Å². The van der Waals surface area contributed by atoms with Gasteiger partial charge < -0.3 is 9.64 Å².